The molecule has 1 aliphatic rings. The zero-order chi connectivity index (χ0) is 14.6. The van der Waals surface area contributed by atoms with Crippen molar-refractivity contribution in [3.8, 4) is 0 Å². The number of hydrogen-bond donors (Lipinski definition) is 2. The maximum atomic E-state index is 12.1. The fourth-order valence-corrected chi connectivity index (χ4v) is 2.74. The summed E-state index contributed by atoms with van der Waals surface area (Å²) in [6, 6.07) is 0.179. The van der Waals surface area contributed by atoms with Crippen LogP contribution in [0, 0.1) is 11.8 Å². The molecule has 2 unspecified atom stereocenters. The van der Waals surface area contributed by atoms with E-state index in [1.807, 2.05) is 0 Å². The standard InChI is InChI=1S/C15H25NO3/c1-9(2)12-7-5-6-8-13(12)16-14(17)10(3)11(4)15(18)19/h9,12-13H,5-8H2,1-4H3,(H,16,17)(H,18,19). The van der Waals surface area contributed by atoms with Crippen molar-refractivity contribution in [2.24, 2.45) is 11.8 Å². The second-order valence-electron chi connectivity index (χ2n) is 5.83. The summed E-state index contributed by atoms with van der Waals surface area (Å²) >= 11 is 0. The second kappa shape index (κ2) is 6.73. The molecule has 0 radical (unpaired) electrons. The Morgan fingerprint density at radius 1 is 1.11 bits per heavy atom. The van der Waals surface area contributed by atoms with Crippen LogP contribution in [0.15, 0.2) is 11.1 Å². The molecule has 0 saturated heterocycles. The van der Waals surface area contributed by atoms with Crippen molar-refractivity contribution in [1.29, 1.82) is 0 Å². The van der Waals surface area contributed by atoms with Gasteiger partial charge in [-0.25, -0.2) is 4.79 Å². The van der Waals surface area contributed by atoms with E-state index in [1.54, 1.807) is 6.92 Å². The highest BCUT2D eigenvalue weighted by molar-refractivity contribution is 6.01. The van der Waals surface area contributed by atoms with E-state index >= 15 is 0 Å². The Morgan fingerprint density at radius 3 is 2.21 bits per heavy atom. The van der Waals surface area contributed by atoms with E-state index in [0.717, 1.165) is 19.3 Å². The van der Waals surface area contributed by atoms with Crippen molar-refractivity contribution in [1.82, 2.24) is 5.32 Å². The molecule has 4 nitrogen and oxygen atoms in total. The quantitative estimate of drug-likeness (QED) is 0.770. The maximum absolute atomic E-state index is 12.1. The van der Waals surface area contributed by atoms with E-state index in [4.69, 9.17) is 5.11 Å². The number of nitrogens with one attached hydrogen (secondary N) is 1. The van der Waals surface area contributed by atoms with Gasteiger partial charge in [0.2, 0.25) is 5.91 Å². The number of carbonyl (C=O) groups excluding carboxylic acids is 1. The lowest BCUT2D eigenvalue weighted by Crippen LogP contribution is -2.44. The summed E-state index contributed by atoms with van der Waals surface area (Å²) in [5, 5.41) is 11.9. The minimum atomic E-state index is -1.03. The molecule has 1 fully saturated rings. The Hall–Kier alpha value is -1.32. The first-order valence-electron chi connectivity index (χ1n) is 7.06. The molecule has 0 aliphatic heterocycles. The number of carboxylic acid groups (broad SMARTS) is 1. The molecule has 1 amide bonds. The highest BCUT2D eigenvalue weighted by Gasteiger charge is 2.29. The van der Waals surface area contributed by atoms with Crippen LogP contribution in [0.3, 0.4) is 0 Å². The van der Waals surface area contributed by atoms with Gasteiger partial charge in [-0.1, -0.05) is 26.7 Å². The summed E-state index contributed by atoms with van der Waals surface area (Å²) in [5.74, 6) is -0.236. The molecule has 2 atom stereocenters. The lowest BCUT2D eigenvalue weighted by atomic mass is 9.77. The van der Waals surface area contributed by atoms with Gasteiger partial charge in [0.05, 0.1) is 0 Å². The Balaban J connectivity index is 2.75. The largest absolute Gasteiger partial charge is 0.478 e. The Bertz CT molecular complexity index is 385. The maximum Gasteiger partial charge on any atom is 0.331 e. The fraction of sp³-hybridized carbons (Fsp3) is 0.733. The van der Waals surface area contributed by atoms with E-state index in [1.165, 1.54) is 13.3 Å². The molecule has 0 bridgehead atoms. The van der Waals surface area contributed by atoms with Gasteiger partial charge in [-0.05, 0) is 38.5 Å². The van der Waals surface area contributed by atoms with Gasteiger partial charge in [0.25, 0.3) is 0 Å². The molecule has 19 heavy (non-hydrogen) atoms. The summed E-state index contributed by atoms with van der Waals surface area (Å²) in [4.78, 5) is 23.0. The highest BCUT2D eigenvalue weighted by Crippen LogP contribution is 2.30. The van der Waals surface area contributed by atoms with Crippen molar-refractivity contribution in [3.05, 3.63) is 11.1 Å². The van der Waals surface area contributed by atoms with Gasteiger partial charge >= 0.3 is 5.97 Å². The Kier molecular flexibility index (Phi) is 5.58. The third-order valence-electron chi connectivity index (χ3n) is 4.22. The smallest absolute Gasteiger partial charge is 0.331 e. The predicted octanol–water partition coefficient (Wildman–Crippen LogP) is 2.74. The monoisotopic (exact) mass is 267 g/mol. The van der Waals surface area contributed by atoms with Crippen molar-refractivity contribution in [2.45, 2.75) is 59.4 Å². The summed E-state index contributed by atoms with van der Waals surface area (Å²) in [6.07, 6.45) is 4.49. The predicted molar refractivity (Wildman–Crippen MR) is 74.7 cm³/mol. The van der Waals surface area contributed by atoms with Crippen LogP contribution >= 0.6 is 0 Å². The fourth-order valence-electron chi connectivity index (χ4n) is 2.74. The molecule has 1 rings (SSSR count). The van der Waals surface area contributed by atoms with E-state index in [0.29, 0.717) is 17.4 Å². The number of rotatable bonds is 4. The average Bonchev–Trinajstić information content (AvgIpc) is 2.37. The summed E-state index contributed by atoms with van der Waals surface area (Å²) in [6.45, 7) is 7.41. The minimum absolute atomic E-state index is 0.120. The summed E-state index contributed by atoms with van der Waals surface area (Å²) in [7, 11) is 0. The molecular formula is C15H25NO3. The summed E-state index contributed by atoms with van der Waals surface area (Å²) in [5.41, 5.74) is 0.426. The Labute approximate surface area is 115 Å². The van der Waals surface area contributed by atoms with Gasteiger partial charge in [0.15, 0.2) is 0 Å². The Morgan fingerprint density at radius 2 is 1.68 bits per heavy atom. The van der Waals surface area contributed by atoms with Crippen molar-refractivity contribution >= 4 is 11.9 Å². The van der Waals surface area contributed by atoms with Crippen LogP contribution in [0.5, 0.6) is 0 Å². The molecule has 2 N–H and O–H groups in total. The van der Waals surface area contributed by atoms with E-state index in [-0.39, 0.29) is 17.5 Å². The number of amides is 1. The third-order valence-corrected chi connectivity index (χ3v) is 4.22. The van der Waals surface area contributed by atoms with Crippen molar-refractivity contribution in [2.75, 3.05) is 0 Å². The topological polar surface area (TPSA) is 66.4 Å². The van der Waals surface area contributed by atoms with Crippen LogP contribution in [-0.2, 0) is 9.59 Å². The molecule has 0 aromatic carbocycles. The van der Waals surface area contributed by atoms with Crippen LogP contribution in [-0.4, -0.2) is 23.0 Å². The molecule has 0 aromatic rings. The molecule has 1 aliphatic carbocycles. The average molecular weight is 267 g/mol. The number of hydrogen-bond acceptors (Lipinski definition) is 2. The van der Waals surface area contributed by atoms with Crippen LogP contribution in [0.1, 0.15) is 53.4 Å². The first kappa shape index (κ1) is 15.7. The SMILES string of the molecule is CC(C(=O)O)=C(C)C(=O)NC1CCCCC1C(C)C. The van der Waals surface area contributed by atoms with Crippen LogP contribution < -0.4 is 5.32 Å². The molecule has 0 heterocycles. The van der Waals surface area contributed by atoms with Gasteiger partial charge in [-0.2, -0.15) is 0 Å². The second-order valence-corrected chi connectivity index (χ2v) is 5.83. The molecular weight excluding hydrogens is 242 g/mol. The normalized spacial score (nSPS) is 24.9. The minimum Gasteiger partial charge on any atom is -0.478 e. The number of carboxylic acids is 1. The lowest BCUT2D eigenvalue weighted by molar-refractivity contribution is -0.133. The van der Waals surface area contributed by atoms with E-state index in [2.05, 4.69) is 19.2 Å². The molecule has 0 spiro atoms. The third kappa shape index (κ3) is 4.08. The summed E-state index contributed by atoms with van der Waals surface area (Å²) < 4.78 is 0. The zero-order valence-corrected chi connectivity index (χ0v) is 12.3. The zero-order valence-electron chi connectivity index (χ0n) is 12.3. The van der Waals surface area contributed by atoms with E-state index in [9.17, 15) is 9.59 Å². The molecule has 0 aromatic heterocycles. The first-order valence-corrected chi connectivity index (χ1v) is 7.06. The van der Waals surface area contributed by atoms with Crippen molar-refractivity contribution < 1.29 is 14.7 Å². The van der Waals surface area contributed by atoms with Crippen LogP contribution in [0.25, 0.3) is 0 Å². The highest BCUT2D eigenvalue weighted by atomic mass is 16.4. The van der Waals surface area contributed by atoms with Gasteiger partial charge in [-0.15, -0.1) is 0 Å². The number of carbonyl (C=O) groups is 2. The van der Waals surface area contributed by atoms with Gasteiger partial charge in [0.1, 0.15) is 0 Å². The van der Waals surface area contributed by atoms with E-state index < -0.39 is 5.97 Å². The van der Waals surface area contributed by atoms with Gasteiger partial charge in [0, 0.05) is 17.2 Å². The molecule has 4 heteroatoms. The number of aliphatic carboxylic acids is 1. The van der Waals surface area contributed by atoms with Gasteiger partial charge < -0.3 is 10.4 Å². The first-order chi connectivity index (χ1) is 8.84. The molecule has 108 valence electrons. The lowest BCUT2D eigenvalue weighted by Gasteiger charge is -2.35. The van der Waals surface area contributed by atoms with Gasteiger partial charge in [-0.3, -0.25) is 4.79 Å². The van der Waals surface area contributed by atoms with Crippen LogP contribution in [0.2, 0.25) is 0 Å². The molecule has 1 saturated carbocycles. The van der Waals surface area contributed by atoms with Crippen LogP contribution in [0.4, 0.5) is 0 Å². The van der Waals surface area contributed by atoms with Crippen molar-refractivity contribution in [3.63, 3.8) is 0 Å².